The summed E-state index contributed by atoms with van der Waals surface area (Å²) >= 11 is 0. The van der Waals surface area contributed by atoms with Crippen molar-refractivity contribution in [2.75, 3.05) is 6.61 Å². The summed E-state index contributed by atoms with van der Waals surface area (Å²) in [6, 6.07) is 0. The van der Waals surface area contributed by atoms with Gasteiger partial charge in [-0.15, -0.1) is 0 Å². The molecule has 0 spiro atoms. The third kappa shape index (κ3) is 33.4. The Morgan fingerprint density at radius 3 is 1.13 bits per heavy atom. The standard InChI is InChI=1S/C36H70O2/c1-3-5-7-9-11-13-15-17-19-21-23-25-27-29-31-33-35-38-36(37)34-32-30-28-26-24-22-20-18-16-14-12-10-8-6-4-2/h17-20,36-37H,3-16,21-35H2,1-2H3/b19-17-,20-18?. The number of rotatable bonds is 32. The molecule has 1 N–H and O–H groups in total. The van der Waals surface area contributed by atoms with Crippen molar-refractivity contribution in [1.29, 1.82) is 0 Å². The van der Waals surface area contributed by atoms with Gasteiger partial charge in [-0.2, -0.15) is 0 Å². The van der Waals surface area contributed by atoms with Gasteiger partial charge in [-0.05, 0) is 70.6 Å². The second kappa shape index (κ2) is 34.4. The van der Waals surface area contributed by atoms with Crippen molar-refractivity contribution in [3.05, 3.63) is 24.3 Å². The third-order valence-electron chi connectivity index (χ3n) is 7.68. The summed E-state index contributed by atoms with van der Waals surface area (Å²) in [7, 11) is 0. The number of aliphatic hydroxyl groups is 1. The molecule has 0 aliphatic heterocycles. The van der Waals surface area contributed by atoms with E-state index in [0.29, 0.717) is 6.61 Å². The number of allylic oxidation sites excluding steroid dienone is 4. The van der Waals surface area contributed by atoms with Crippen molar-refractivity contribution >= 4 is 0 Å². The molecule has 0 radical (unpaired) electrons. The van der Waals surface area contributed by atoms with Gasteiger partial charge in [0.15, 0.2) is 6.29 Å². The summed E-state index contributed by atoms with van der Waals surface area (Å²) in [5, 5.41) is 10.0. The van der Waals surface area contributed by atoms with Crippen LogP contribution in [0.1, 0.15) is 194 Å². The highest BCUT2D eigenvalue weighted by Gasteiger charge is 2.03. The van der Waals surface area contributed by atoms with E-state index in [9.17, 15) is 5.11 Å². The molecule has 2 nitrogen and oxygen atoms in total. The fourth-order valence-electron chi connectivity index (χ4n) is 5.04. The summed E-state index contributed by atoms with van der Waals surface area (Å²) in [6.07, 6.45) is 45.4. The number of unbranched alkanes of at least 4 members (excludes halogenated alkanes) is 23. The van der Waals surface area contributed by atoms with Gasteiger partial charge < -0.3 is 9.84 Å². The molecular weight excluding hydrogens is 464 g/mol. The van der Waals surface area contributed by atoms with E-state index in [2.05, 4.69) is 38.2 Å². The molecule has 0 saturated heterocycles. The zero-order valence-corrected chi connectivity index (χ0v) is 26.2. The number of aliphatic hydroxyl groups excluding tert-OH is 1. The first-order chi connectivity index (χ1) is 18.8. The molecule has 0 aliphatic carbocycles. The Morgan fingerprint density at radius 2 is 0.737 bits per heavy atom. The first-order valence-electron chi connectivity index (χ1n) is 17.4. The monoisotopic (exact) mass is 535 g/mol. The topological polar surface area (TPSA) is 29.5 Å². The minimum Gasteiger partial charge on any atom is -0.368 e. The van der Waals surface area contributed by atoms with E-state index in [1.165, 1.54) is 161 Å². The van der Waals surface area contributed by atoms with Crippen molar-refractivity contribution in [2.45, 2.75) is 200 Å². The van der Waals surface area contributed by atoms with Gasteiger partial charge >= 0.3 is 0 Å². The van der Waals surface area contributed by atoms with E-state index in [4.69, 9.17) is 4.74 Å². The predicted molar refractivity (Wildman–Crippen MR) is 171 cm³/mol. The minimum absolute atomic E-state index is 0.553. The molecule has 226 valence electrons. The molecule has 0 amide bonds. The molecule has 2 heteroatoms. The molecule has 0 aromatic rings. The molecule has 1 unspecified atom stereocenters. The maximum absolute atomic E-state index is 10.0. The summed E-state index contributed by atoms with van der Waals surface area (Å²) in [4.78, 5) is 0. The highest BCUT2D eigenvalue weighted by atomic mass is 16.6. The quantitative estimate of drug-likeness (QED) is 0.0528. The highest BCUT2D eigenvalue weighted by Crippen LogP contribution is 2.13. The van der Waals surface area contributed by atoms with Crippen molar-refractivity contribution in [3.8, 4) is 0 Å². The normalized spacial score (nSPS) is 12.8. The van der Waals surface area contributed by atoms with Crippen LogP contribution >= 0.6 is 0 Å². The maximum atomic E-state index is 10.0. The van der Waals surface area contributed by atoms with Gasteiger partial charge in [0, 0.05) is 6.61 Å². The predicted octanol–water partition coefficient (Wildman–Crippen LogP) is 12.4. The molecule has 0 aliphatic rings. The van der Waals surface area contributed by atoms with E-state index in [-0.39, 0.29) is 0 Å². The lowest BCUT2D eigenvalue weighted by molar-refractivity contribution is -0.105. The fraction of sp³-hybridized carbons (Fsp3) is 0.889. The van der Waals surface area contributed by atoms with E-state index < -0.39 is 6.29 Å². The van der Waals surface area contributed by atoms with Gasteiger partial charge in [0.1, 0.15) is 0 Å². The van der Waals surface area contributed by atoms with Crippen LogP contribution in [0, 0.1) is 0 Å². The Bertz CT molecular complexity index is 470. The van der Waals surface area contributed by atoms with Crippen molar-refractivity contribution < 1.29 is 9.84 Å². The lowest BCUT2D eigenvalue weighted by Crippen LogP contribution is -2.12. The Balaban J connectivity index is 3.22. The van der Waals surface area contributed by atoms with Crippen molar-refractivity contribution in [1.82, 2.24) is 0 Å². The minimum atomic E-state index is -0.553. The largest absolute Gasteiger partial charge is 0.368 e. The molecule has 0 aromatic carbocycles. The second-order valence-corrected chi connectivity index (χ2v) is 11.6. The van der Waals surface area contributed by atoms with Gasteiger partial charge in [0.25, 0.3) is 0 Å². The first kappa shape index (κ1) is 37.4. The van der Waals surface area contributed by atoms with Crippen LogP contribution in [0.3, 0.4) is 0 Å². The van der Waals surface area contributed by atoms with Crippen LogP contribution in [0.5, 0.6) is 0 Å². The van der Waals surface area contributed by atoms with Crippen LogP contribution in [-0.2, 0) is 4.74 Å². The molecule has 0 rings (SSSR count). The molecule has 0 heterocycles. The Labute approximate surface area is 240 Å². The van der Waals surface area contributed by atoms with Crippen LogP contribution in [-0.4, -0.2) is 18.0 Å². The fourth-order valence-corrected chi connectivity index (χ4v) is 5.04. The van der Waals surface area contributed by atoms with E-state index in [1.54, 1.807) is 0 Å². The van der Waals surface area contributed by atoms with Gasteiger partial charge in [-0.1, -0.05) is 147 Å². The molecule has 38 heavy (non-hydrogen) atoms. The van der Waals surface area contributed by atoms with E-state index in [0.717, 1.165) is 19.3 Å². The Kier molecular flexibility index (Phi) is 33.9. The van der Waals surface area contributed by atoms with Gasteiger partial charge in [0.2, 0.25) is 0 Å². The van der Waals surface area contributed by atoms with Crippen LogP contribution in [0.2, 0.25) is 0 Å². The first-order valence-corrected chi connectivity index (χ1v) is 17.4. The average Bonchev–Trinajstić information content (AvgIpc) is 2.92. The van der Waals surface area contributed by atoms with Crippen molar-refractivity contribution in [2.24, 2.45) is 0 Å². The summed E-state index contributed by atoms with van der Waals surface area (Å²) in [5.74, 6) is 0. The van der Waals surface area contributed by atoms with Crippen LogP contribution in [0.15, 0.2) is 24.3 Å². The number of hydrogen-bond acceptors (Lipinski definition) is 2. The van der Waals surface area contributed by atoms with Crippen LogP contribution < -0.4 is 0 Å². The lowest BCUT2D eigenvalue weighted by Gasteiger charge is -2.11. The molecule has 1 atom stereocenters. The zero-order chi connectivity index (χ0) is 27.6. The lowest BCUT2D eigenvalue weighted by atomic mass is 10.1. The summed E-state index contributed by atoms with van der Waals surface area (Å²) in [5.41, 5.74) is 0. The Morgan fingerprint density at radius 1 is 0.421 bits per heavy atom. The third-order valence-corrected chi connectivity index (χ3v) is 7.68. The second-order valence-electron chi connectivity index (χ2n) is 11.6. The average molecular weight is 535 g/mol. The molecule has 0 saturated carbocycles. The van der Waals surface area contributed by atoms with E-state index >= 15 is 0 Å². The van der Waals surface area contributed by atoms with Crippen molar-refractivity contribution in [3.63, 3.8) is 0 Å². The molecular formula is C36H70O2. The summed E-state index contributed by atoms with van der Waals surface area (Å²) in [6.45, 7) is 5.28. The SMILES string of the molecule is CCCCCCCCC=CCCCCCCCC(O)OCCCCCCCC/C=C\CCCCCCCC. The van der Waals surface area contributed by atoms with Gasteiger partial charge in [-0.25, -0.2) is 0 Å². The van der Waals surface area contributed by atoms with Crippen LogP contribution in [0.25, 0.3) is 0 Å². The smallest absolute Gasteiger partial charge is 0.154 e. The zero-order valence-electron chi connectivity index (χ0n) is 26.2. The van der Waals surface area contributed by atoms with E-state index in [1.807, 2.05) is 0 Å². The maximum Gasteiger partial charge on any atom is 0.154 e. The Hall–Kier alpha value is -0.600. The molecule has 0 bridgehead atoms. The number of ether oxygens (including phenoxy) is 1. The highest BCUT2D eigenvalue weighted by molar-refractivity contribution is 4.82. The van der Waals surface area contributed by atoms with Crippen LogP contribution in [0.4, 0.5) is 0 Å². The molecule has 0 aromatic heterocycles. The van der Waals surface area contributed by atoms with Gasteiger partial charge in [-0.3, -0.25) is 0 Å². The van der Waals surface area contributed by atoms with Gasteiger partial charge in [0.05, 0.1) is 0 Å². The molecule has 0 fully saturated rings. The number of hydrogen-bond donors (Lipinski definition) is 1. The summed E-state index contributed by atoms with van der Waals surface area (Å²) < 4.78 is 5.62.